The van der Waals surface area contributed by atoms with Crippen LogP contribution in [0.25, 0.3) is 0 Å². The van der Waals surface area contributed by atoms with Crippen molar-refractivity contribution in [2.24, 2.45) is 0 Å². The predicted molar refractivity (Wildman–Crippen MR) is 67.3 cm³/mol. The molecule has 0 saturated carbocycles. The average Bonchev–Trinajstić information content (AvgIpc) is 2.32. The Hall–Kier alpha value is -1.56. The number of halogens is 2. The summed E-state index contributed by atoms with van der Waals surface area (Å²) in [6.45, 7) is 2.54. The molecule has 0 fully saturated rings. The van der Waals surface area contributed by atoms with Crippen LogP contribution in [0.3, 0.4) is 0 Å². The van der Waals surface area contributed by atoms with Crippen LogP contribution in [0.5, 0.6) is 5.75 Å². The fraction of sp³-hybridized carbons (Fsp3) is 0.500. The van der Waals surface area contributed by atoms with Crippen molar-refractivity contribution in [1.82, 2.24) is 0 Å². The van der Waals surface area contributed by atoms with Gasteiger partial charge in [-0.05, 0) is 19.1 Å². The number of rotatable bonds is 8. The largest absolute Gasteiger partial charge is 0.492 e. The van der Waals surface area contributed by atoms with Gasteiger partial charge in [-0.15, -0.1) is 0 Å². The first-order chi connectivity index (χ1) is 8.63. The molecule has 18 heavy (non-hydrogen) atoms. The average molecular weight is 260 g/mol. The van der Waals surface area contributed by atoms with Crippen molar-refractivity contribution in [2.75, 3.05) is 37.4 Å². The lowest BCUT2D eigenvalue weighted by atomic mass is 10.2. The van der Waals surface area contributed by atoms with Gasteiger partial charge in [-0.3, -0.25) is 0 Å². The number of alkyl halides is 2. The molecule has 6 heteroatoms. The quantitative estimate of drug-likeness (QED) is 0.556. The van der Waals surface area contributed by atoms with Crippen LogP contribution in [0.4, 0.5) is 20.2 Å². The van der Waals surface area contributed by atoms with E-state index in [0.29, 0.717) is 24.6 Å². The zero-order valence-corrected chi connectivity index (χ0v) is 10.3. The van der Waals surface area contributed by atoms with E-state index < -0.39 is 13.0 Å². The minimum absolute atomic E-state index is 0.221. The van der Waals surface area contributed by atoms with Crippen LogP contribution in [0.1, 0.15) is 6.92 Å². The molecule has 0 aliphatic heterocycles. The standard InChI is InChI=1S/C12H18F2N2O2/c1-2-18-11-7-9(3-4-10(11)15)16-5-6-17-8-12(13)14/h3-4,7,12,16H,2,5-6,8,15H2,1H3. The molecule has 0 aliphatic rings. The number of hydrogen-bond acceptors (Lipinski definition) is 4. The van der Waals surface area contributed by atoms with Gasteiger partial charge in [-0.25, -0.2) is 8.78 Å². The van der Waals surface area contributed by atoms with Crippen molar-refractivity contribution >= 4 is 11.4 Å². The first-order valence-corrected chi connectivity index (χ1v) is 5.75. The number of anilines is 2. The van der Waals surface area contributed by atoms with Crippen molar-refractivity contribution in [3.63, 3.8) is 0 Å². The van der Waals surface area contributed by atoms with Crippen LogP contribution >= 0.6 is 0 Å². The zero-order chi connectivity index (χ0) is 13.4. The number of hydrogen-bond donors (Lipinski definition) is 2. The molecule has 1 rings (SSSR count). The van der Waals surface area contributed by atoms with Crippen LogP contribution < -0.4 is 15.8 Å². The summed E-state index contributed by atoms with van der Waals surface area (Å²) in [7, 11) is 0. The molecule has 0 atom stereocenters. The summed E-state index contributed by atoms with van der Waals surface area (Å²) in [5.74, 6) is 0.607. The Balaban J connectivity index is 2.35. The third kappa shape index (κ3) is 5.18. The van der Waals surface area contributed by atoms with E-state index in [9.17, 15) is 8.78 Å². The van der Waals surface area contributed by atoms with E-state index in [1.54, 1.807) is 18.2 Å². The second-order valence-electron chi connectivity index (χ2n) is 3.58. The molecule has 0 aliphatic carbocycles. The van der Waals surface area contributed by atoms with Gasteiger partial charge in [0.1, 0.15) is 12.4 Å². The Morgan fingerprint density at radius 3 is 2.83 bits per heavy atom. The molecule has 1 aromatic rings. The summed E-state index contributed by atoms with van der Waals surface area (Å²) in [6.07, 6.45) is -2.42. The fourth-order valence-corrected chi connectivity index (χ4v) is 1.36. The van der Waals surface area contributed by atoms with Crippen LogP contribution in [0.15, 0.2) is 18.2 Å². The lowest BCUT2D eigenvalue weighted by molar-refractivity contribution is 0.0215. The van der Waals surface area contributed by atoms with Gasteiger partial charge in [0.25, 0.3) is 6.43 Å². The number of nitrogens with one attached hydrogen (secondary N) is 1. The van der Waals surface area contributed by atoms with Gasteiger partial charge >= 0.3 is 0 Å². The van der Waals surface area contributed by atoms with Gasteiger partial charge in [0.2, 0.25) is 0 Å². The van der Waals surface area contributed by atoms with Gasteiger partial charge < -0.3 is 20.5 Å². The smallest absolute Gasteiger partial charge is 0.261 e. The van der Waals surface area contributed by atoms with Crippen molar-refractivity contribution < 1.29 is 18.3 Å². The van der Waals surface area contributed by atoms with E-state index in [1.165, 1.54) is 0 Å². The minimum atomic E-state index is -2.42. The summed E-state index contributed by atoms with van der Waals surface area (Å²) >= 11 is 0. The molecule has 0 saturated heterocycles. The molecule has 0 unspecified atom stereocenters. The second kappa shape index (κ2) is 7.71. The monoisotopic (exact) mass is 260 g/mol. The molecular weight excluding hydrogens is 242 g/mol. The first-order valence-electron chi connectivity index (χ1n) is 5.75. The molecule has 0 spiro atoms. The molecule has 0 amide bonds. The van der Waals surface area contributed by atoms with E-state index in [0.717, 1.165) is 5.69 Å². The maximum atomic E-state index is 11.8. The lowest BCUT2D eigenvalue weighted by Crippen LogP contribution is -2.13. The summed E-state index contributed by atoms with van der Waals surface area (Å²) in [5.41, 5.74) is 7.10. The Kier molecular flexibility index (Phi) is 6.21. The SMILES string of the molecule is CCOc1cc(NCCOCC(F)F)ccc1N. The topological polar surface area (TPSA) is 56.5 Å². The number of ether oxygens (including phenoxy) is 2. The van der Waals surface area contributed by atoms with E-state index in [1.807, 2.05) is 6.92 Å². The van der Waals surface area contributed by atoms with Crippen molar-refractivity contribution in [3.05, 3.63) is 18.2 Å². The third-order valence-electron chi connectivity index (χ3n) is 2.13. The fourth-order valence-electron chi connectivity index (χ4n) is 1.36. The third-order valence-corrected chi connectivity index (χ3v) is 2.13. The molecule has 0 bridgehead atoms. The van der Waals surface area contributed by atoms with E-state index >= 15 is 0 Å². The molecule has 3 N–H and O–H groups in total. The Morgan fingerprint density at radius 2 is 2.17 bits per heavy atom. The van der Waals surface area contributed by atoms with E-state index in [2.05, 4.69) is 5.32 Å². The van der Waals surface area contributed by atoms with Crippen LogP contribution in [0, 0.1) is 0 Å². The molecule has 102 valence electrons. The van der Waals surface area contributed by atoms with E-state index in [-0.39, 0.29) is 6.61 Å². The van der Waals surface area contributed by atoms with Gasteiger partial charge in [0, 0.05) is 18.3 Å². The normalized spacial score (nSPS) is 10.7. The molecule has 1 aromatic carbocycles. The van der Waals surface area contributed by atoms with Crippen LogP contribution in [0.2, 0.25) is 0 Å². The zero-order valence-electron chi connectivity index (χ0n) is 10.3. The van der Waals surface area contributed by atoms with Gasteiger partial charge in [0.15, 0.2) is 0 Å². The minimum Gasteiger partial charge on any atom is -0.492 e. The maximum absolute atomic E-state index is 11.8. The van der Waals surface area contributed by atoms with Crippen molar-refractivity contribution in [3.8, 4) is 5.75 Å². The molecular formula is C12H18F2N2O2. The Bertz CT molecular complexity index is 362. The number of nitrogen functional groups attached to an aromatic ring is 1. The highest BCUT2D eigenvalue weighted by molar-refractivity contribution is 5.61. The molecule has 0 radical (unpaired) electrons. The van der Waals surface area contributed by atoms with Gasteiger partial charge in [-0.2, -0.15) is 0 Å². The number of nitrogens with two attached hydrogens (primary N) is 1. The predicted octanol–water partition coefficient (Wildman–Crippen LogP) is 2.36. The van der Waals surface area contributed by atoms with Crippen LogP contribution in [-0.4, -0.2) is 32.8 Å². The summed E-state index contributed by atoms with van der Waals surface area (Å²) in [6, 6.07) is 5.30. The lowest BCUT2D eigenvalue weighted by Gasteiger charge is -2.11. The molecule has 4 nitrogen and oxygen atoms in total. The Morgan fingerprint density at radius 1 is 1.39 bits per heavy atom. The van der Waals surface area contributed by atoms with Gasteiger partial charge in [0.05, 0.1) is 18.9 Å². The summed E-state index contributed by atoms with van der Waals surface area (Å²) in [5, 5.41) is 3.04. The summed E-state index contributed by atoms with van der Waals surface area (Å²) in [4.78, 5) is 0. The van der Waals surface area contributed by atoms with Crippen molar-refractivity contribution in [1.29, 1.82) is 0 Å². The Labute approximate surface area is 105 Å². The second-order valence-corrected chi connectivity index (χ2v) is 3.58. The highest BCUT2D eigenvalue weighted by Gasteiger charge is 2.03. The highest BCUT2D eigenvalue weighted by atomic mass is 19.3. The van der Waals surface area contributed by atoms with E-state index in [4.69, 9.17) is 15.2 Å². The summed E-state index contributed by atoms with van der Waals surface area (Å²) < 4.78 is 33.7. The van der Waals surface area contributed by atoms with Crippen molar-refractivity contribution in [2.45, 2.75) is 13.3 Å². The maximum Gasteiger partial charge on any atom is 0.261 e. The molecule has 0 aromatic heterocycles. The molecule has 0 heterocycles. The highest BCUT2D eigenvalue weighted by Crippen LogP contribution is 2.25. The number of benzene rings is 1. The first kappa shape index (κ1) is 14.5. The van der Waals surface area contributed by atoms with Gasteiger partial charge in [-0.1, -0.05) is 0 Å². The van der Waals surface area contributed by atoms with Crippen LogP contribution in [-0.2, 0) is 4.74 Å².